The number of carbonyl (C=O) groups is 1. The van der Waals surface area contributed by atoms with Crippen LogP contribution in [0.25, 0.3) is 0 Å². The summed E-state index contributed by atoms with van der Waals surface area (Å²) in [5, 5.41) is 14.1. The smallest absolute Gasteiger partial charge is 0.269 e. The van der Waals surface area contributed by atoms with Gasteiger partial charge in [0.1, 0.15) is 0 Å². The van der Waals surface area contributed by atoms with Gasteiger partial charge in [0, 0.05) is 65.5 Å². The number of nitro groups is 1. The largest absolute Gasteiger partial charge is 0.385 e. The minimum absolute atomic E-state index is 0.0704. The summed E-state index contributed by atoms with van der Waals surface area (Å²) in [7, 11) is 1.67. The van der Waals surface area contributed by atoms with Crippen molar-refractivity contribution in [2.24, 2.45) is 4.99 Å². The Morgan fingerprint density at radius 3 is 2.41 bits per heavy atom. The zero-order valence-corrected chi connectivity index (χ0v) is 15.9. The predicted molar refractivity (Wildman–Crippen MR) is 103 cm³/mol. The number of nitrogens with zero attached hydrogens (tertiary/aromatic N) is 4. The van der Waals surface area contributed by atoms with Crippen molar-refractivity contribution in [3.05, 3.63) is 39.9 Å². The lowest BCUT2D eigenvalue weighted by Crippen LogP contribution is -2.53. The van der Waals surface area contributed by atoms with Crippen LogP contribution in [0.1, 0.15) is 18.9 Å². The van der Waals surface area contributed by atoms with Crippen LogP contribution >= 0.6 is 0 Å². The Bertz CT molecular complexity index is 654. The van der Waals surface area contributed by atoms with Crippen molar-refractivity contribution < 1.29 is 14.5 Å². The van der Waals surface area contributed by atoms with E-state index in [1.807, 2.05) is 4.90 Å². The van der Waals surface area contributed by atoms with Gasteiger partial charge in [-0.05, 0) is 12.0 Å². The van der Waals surface area contributed by atoms with Crippen LogP contribution in [0.4, 0.5) is 5.69 Å². The number of hydrogen-bond donors (Lipinski definition) is 1. The number of rotatable bonds is 7. The van der Waals surface area contributed by atoms with E-state index in [9.17, 15) is 14.9 Å². The number of nitrogens with one attached hydrogen (secondary N) is 1. The highest BCUT2D eigenvalue weighted by atomic mass is 16.6. The molecular weight excluding hydrogens is 350 g/mol. The number of guanidine groups is 1. The summed E-state index contributed by atoms with van der Waals surface area (Å²) >= 11 is 0. The number of benzene rings is 1. The van der Waals surface area contributed by atoms with E-state index in [0.29, 0.717) is 26.2 Å². The Morgan fingerprint density at radius 2 is 1.85 bits per heavy atom. The van der Waals surface area contributed by atoms with E-state index < -0.39 is 4.92 Å². The minimum Gasteiger partial charge on any atom is -0.385 e. The van der Waals surface area contributed by atoms with E-state index in [2.05, 4.69) is 15.2 Å². The molecule has 1 N–H and O–H groups in total. The van der Waals surface area contributed by atoms with Gasteiger partial charge in [-0.15, -0.1) is 0 Å². The molecule has 0 unspecified atom stereocenters. The second kappa shape index (κ2) is 10.5. The van der Waals surface area contributed by atoms with Crippen molar-refractivity contribution in [1.82, 2.24) is 15.1 Å². The maximum absolute atomic E-state index is 11.5. The fourth-order valence-corrected chi connectivity index (χ4v) is 2.81. The van der Waals surface area contributed by atoms with E-state index >= 15 is 0 Å². The molecule has 0 bridgehead atoms. The maximum atomic E-state index is 11.5. The van der Waals surface area contributed by atoms with Gasteiger partial charge < -0.3 is 19.9 Å². The van der Waals surface area contributed by atoms with Crippen molar-refractivity contribution in [3.63, 3.8) is 0 Å². The van der Waals surface area contributed by atoms with Crippen LogP contribution in [0.5, 0.6) is 0 Å². The molecule has 1 aromatic carbocycles. The molecule has 1 fully saturated rings. The Hall–Kier alpha value is -2.68. The van der Waals surface area contributed by atoms with Crippen molar-refractivity contribution in [2.75, 3.05) is 46.4 Å². The van der Waals surface area contributed by atoms with Crippen molar-refractivity contribution in [2.45, 2.75) is 19.9 Å². The molecule has 1 amide bonds. The SMILES string of the molecule is COCCCNC(=NCc1ccc([N+](=O)[O-])cc1)N1CCN(C(C)=O)CC1. The monoisotopic (exact) mass is 377 g/mol. The number of non-ortho nitro benzene ring substituents is 1. The van der Waals surface area contributed by atoms with Gasteiger partial charge in [-0.2, -0.15) is 0 Å². The first-order chi connectivity index (χ1) is 13.0. The first kappa shape index (κ1) is 20.6. The average Bonchev–Trinajstić information content (AvgIpc) is 2.68. The Morgan fingerprint density at radius 1 is 1.22 bits per heavy atom. The van der Waals surface area contributed by atoms with Gasteiger partial charge in [0.15, 0.2) is 5.96 Å². The van der Waals surface area contributed by atoms with Crippen molar-refractivity contribution in [3.8, 4) is 0 Å². The third-order valence-corrected chi connectivity index (χ3v) is 4.39. The minimum atomic E-state index is -0.412. The average molecular weight is 377 g/mol. The molecule has 0 aliphatic carbocycles. The molecule has 0 saturated carbocycles. The van der Waals surface area contributed by atoms with Crippen LogP contribution in [0.15, 0.2) is 29.3 Å². The predicted octanol–water partition coefficient (Wildman–Crippen LogP) is 1.24. The fourth-order valence-electron chi connectivity index (χ4n) is 2.81. The lowest BCUT2D eigenvalue weighted by atomic mass is 10.2. The molecule has 1 heterocycles. The second-order valence-electron chi connectivity index (χ2n) is 6.33. The standard InChI is InChI=1S/C18H27N5O4/c1-15(24)21-9-11-22(12-10-21)18(19-8-3-13-27-2)20-14-16-4-6-17(7-5-16)23(25)26/h4-7H,3,8-14H2,1-2H3,(H,19,20). The molecule has 1 aliphatic heterocycles. The molecule has 9 heteroatoms. The molecule has 27 heavy (non-hydrogen) atoms. The van der Waals surface area contributed by atoms with E-state index in [1.165, 1.54) is 12.1 Å². The summed E-state index contributed by atoms with van der Waals surface area (Å²) in [4.78, 5) is 30.5. The number of amides is 1. The third-order valence-electron chi connectivity index (χ3n) is 4.39. The molecule has 0 atom stereocenters. The number of nitro benzene ring substituents is 1. The summed E-state index contributed by atoms with van der Waals surface area (Å²) in [5.41, 5.74) is 0.972. The van der Waals surface area contributed by atoms with Gasteiger partial charge in [0.2, 0.25) is 5.91 Å². The zero-order valence-electron chi connectivity index (χ0n) is 15.9. The summed E-state index contributed by atoms with van der Waals surface area (Å²) in [6.45, 7) is 6.20. The molecule has 0 spiro atoms. The molecule has 1 saturated heterocycles. The molecule has 2 rings (SSSR count). The molecular formula is C18H27N5O4. The first-order valence-corrected chi connectivity index (χ1v) is 9.02. The topological polar surface area (TPSA) is 100 Å². The van der Waals surface area contributed by atoms with Gasteiger partial charge in [-0.3, -0.25) is 14.9 Å². The molecule has 0 radical (unpaired) electrons. The summed E-state index contributed by atoms with van der Waals surface area (Å²) in [5.74, 6) is 0.875. The van der Waals surface area contributed by atoms with Gasteiger partial charge in [0.05, 0.1) is 11.5 Å². The molecule has 1 aliphatic rings. The van der Waals surface area contributed by atoms with Gasteiger partial charge in [-0.25, -0.2) is 4.99 Å². The highest BCUT2D eigenvalue weighted by molar-refractivity contribution is 5.80. The van der Waals surface area contributed by atoms with Gasteiger partial charge in [0.25, 0.3) is 5.69 Å². The van der Waals surface area contributed by atoms with Gasteiger partial charge in [-0.1, -0.05) is 12.1 Å². The van der Waals surface area contributed by atoms with E-state index in [0.717, 1.165) is 37.6 Å². The molecule has 0 aromatic heterocycles. The Labute approximate surface area is 159 Å². The summed E-state index contributed by atoms with van der Waals surface area (Å²) in [6, 6.07) is 6.42. The normalized spacial score (nSPS) is 15.0. The van der Waals surface area contributed by atoms with E-state index in [1.54, 1.807) is 26.2 Å². The van der Waals surface area contributed by atoms with Crippen LogP contribution in [0.2, 0.25) is 0 Å². The highest BCUT2D eigenvalue weighted by Gasteiger charge is 2.21. The van der Waals surface area contributed by atoms with Crippen molar-refractivity contribution >= 4 is 17.6 Å². The fraction of sp³-hybridized carbons (Fsp3) is 0.556. The number of methoxy groups -OCH3 is 1. The maximum Gasteiger partial charge on any atom is 0.269 e. The van der Waals surface area contributed by atoms with Crippen LogP contribution < -0.4 is 5.32 Å². The van der Waals surface area contributed by atoms with Crippen LogP contribution in [-0.2, 0) is 16.1 Å². The quantitative estimate of drug-likeness (QED) is 0.252. The number of hydrogen-bond acceptors (Lipinski definition) is 5. The van der Waals surface area contributed by atoms with Crippen molar-refractivity contribution in [1.29, 1.82) is 0 Å². The Balaban J connectivity index is 2.01. The second-order valence-corrected chi connectivity index (χ2v) is 6.33. The van der Waals surface area contributed by atoms with Crippen LogP contribution in [-0.4, -0.2) is 73.0 Å². The number of ether oxygens (including phenoxy) is 1. The van der Waals surface area contributed by atoms with Gasteiger partial charge >= 0.3 is 0 Å². The molecule has 148 valence electrons. The number of carbonyl (C=O) groups excluding carboxylic acids is 1. The highest BCUT2D eigenvalue weighted by Crippen LogP contribution is 2.13. The first-order valence-electron chi connectivity index (χ1n) is 9.02. The van der Waals surface area contributed by atoms with Crippen LogP contribution in [0.3, 0.4) is 0 Å². The lowest BCUT2D eigenvalue weighted by molar-refractivity contribution is -0.384. The Kier molecular flexibility index (Phi) is 8.00. The molecule has 1 aromatic rings. The summed E-state index contributed by atoms with van der Waals surface area (Å²) in [6.07, 6.45) is 0.862. The number of piperazine rings is 1. The zero-order chi connectivity index (χ0) is 19.6. The van der Waals surface area contributed by atoms with E-state index in [-0.39, 0.29) is 11.6 Å². The summed E-state index contributed by atoms with van der Waals surface area (Å²) < 4.78 is 5.08. The van der Waals surface area contributed by atoms with Crippen LogP contribution in [0, 0.1) is 10.1 Å². The van der Waals surface area contributed by atoms with E-state index in [4.69, 9.17) is 4.74 Å². The lowest BCUT2D eigenvalue weighted by Gasteiger charge is -2.36. The third kappa shape index (κ3) is 6.52. The molecule has 9 nitrogen and oxygen atoms in total. The number of aliphatic imine (C=N–C) groups is 1.